The summed E-state index contributed by atoms with van der Waals surface area (Å²) in [7, 11) is 1.91. The van der Waals surface area contributed by atoms with Crippen molar-refractivity contribution in [2.45, 2.75) is 6.92 Å². The van der Waals surface area contributed by atoms with Crippen LogP contribution in [0.25, 0.3) is 0 Å². The van der Waals surface area contributed by atoms with Crippen LogP contribution in [0, 0.1) is 6.92 Å². The zero-order valence-corrected chi connectivity index (χ0v) is 5.15. The van der Waals surface area contributed by atoms with E-state index in [0.29, 0.717) is 0 Å². The van der Waals surface area contributed by atoms with Crippen molar-refractivity contribution in [1.29, 1.82) is 0 Å². The molecule has 0 amide bonds. The molecule has 0 aliphatic carbocycles. The van der Waals surface area contributed by atoms with E-state index >= 15 is 0 Å². The Bertz CT molecular complexity index is 167. The second-order valence-electron chi connectivity index (χ2n) is 1.77. The van der Waals surface area contributed by atoms with Crippen LogP contribution in [-0.4, -0.2) is 12.0 Å². The Kier molecular flexibility index (Phi) is 1.24. The van der Waals surface area contributed by atoms with Crippen molar-refractivity contribution in [1.82, 2.24) is 4.98 Å². The van der Waals surface area contributed by atoms with Crippen LogP contribution in [0.3, 0.4) is 0 Å². The average molecular weight is 110 g/mol. The second-order valence-corrected chi connectivity index (χ2v) is 1.77. The van der Waals surface area contributed by atoms with E-state index in [4.69, 9.17) is 0 Å². The van der Waals surface area contributed by atoms with Crippen molar-refractivity contribution in [2.24, 2.45) is 0 Å². The molecule has 0 aliphatic rings. The van der Waals surface area contributed by atoms with Gasteiger partial charge in [0, 0.05) is 18.9 Å². The number of hydrogen-bond donors (Lipinski definition) is 2. The van der Waals surface area contributed by atoms with E-state index in [-0.39, 0.29) is 0 Å². The van der Waals surface area contributed by atoms with E-state index < -0.39 is 0 Å². The van der Waals surface area contributed by atoms with Crippen LogP contribution in [0.5, 0.6) is 0 Å². The van der Waals surface area contributed by atoms with Crippen LogP contribution in [0.1, 0.15) is 5.69 Å². The van der Waals surface area contributed by atoms with Gasteiger partial charge in [0.15, 0.2) is 0 Å². The first kappa shape index (κ1) is 5.22. The molecule has 8 heavy (non-hydrogen) atoms. The molecule has 44 valence electrons. The molecule has 0 saturated carbocycles. The molecular formula is C6H10N2. The molecule has 2 nitrogen and oxygen atoms in total. The topological polar surface area (TPSA) is 27.8 Å². The number of anilines is 1. The summed E-state index contributed by atoms with van der Waals surface area (Å²) in [5, 5.41) is 3.04. The van der Waals surface area contributed by atoms with Gasteiger partial charge < -0.3 is 10.3 Å². The monoisotopic (exact) mass is 110 g/mol. The van der Waals surface area contributed by atoms with E-state index in [1.165, 1.54) is 11.4 Å². The van der Waals surface area contributed by atoms with Crippen molar-refractivity contribution in [3.05, 3.63) is 18.0 Å². The molecule has 1 rings (SSSR count). The Labute approximate surface area is 48.9 Å². The van der Waals surface area contributed by atoms with Gasteiger partial charge in [0.1, 0.15) is 0 Å². The van der Waals surface area contributed by atoms with Crippen LogP contribution in [0.15, 0.2) is 12.3 Å². The van der Waals surface area contributed by atoms with Gasteiger partial charge >= 0.3 is 0 Å². The molecule has 1 aromatic heterocycles. The molecule has 0 radical (unpaired) electrons. The highest BCUT2D eigenvalue weighted by Gasteiger charge is 1.90. The highest BCUT2D eigenvalue weighted by molar-refractivity contribution is 5.46. The minimum absolute atomic E-state index is 1.17. The summed E-state index contributed by atoms with van der Waals surface area (Å²) in [6.45, 7) is 2.03. The van der Waals surface area contributed by atoms with Gasteiger partial charge in [-0.2, -0.15) is 0 Å². The van der Waals surface area contributed by atoms with Gasteiger partial charge in [-0.25, -0.2) is 0 Å². The fourth-order valence-corrected chi connectivity index (χ4v) is 0.724. The zero-order chi connectivity index (χ0) is 5.98. The fraction of sp³-hybridized carbons (Fsp3) is 0.333. The second kappa shape index (κ2) is 1.90. The molecule has 2 N–H and O–H groups in total. The van der Waals surface area contributed by atoms with Gasteiger partial charge in [0.2, 0.25) is 0 Å². The smallest absolute Gasteiger partial charge is 0.0545 e. The Morgan fingerprint density at radius 2 is 2.38 bits per heavy atom. The summed E-state index contributed by atoms with van der Waals surface area (Å²) in [5.41, 5.74) is 2.36. The lowest BCUT2D eigenvalue weighted by molar-refractivity contribution is 1.26. The maximum Gasteiger partial charge on any atom is 0.0545 e. The number of rotatable bonds is 1. The summed E-state index contributed by atoms with van der Waals surface area (Å²) >= 11 is 0. The summed E-state index contributed by atoms with van der Waals surface area (Å²) < 4.78 is 0. The van der Waals surface area contributed by atoms with Gasteiger partial charge in [-0.15, -0.1) is 0 Å². The van der Waals surface area contributed by atoms with E-state index in [0.717, 1.165) is 0 Å². The largest absolute Gasteiger partial charge is 0.387 e. The van der Waals surface area contributed by atoms with Gasteiger partial charge in [-0.05, 0) is 13.0 Å². The number of aromatic amines is 1. The van der Waals surface area contributed by atoms with Crippen molar-refractivity contribution in [3.8, 4) is 0 Å². The highest BCUT2D eigenvalue weighted by Crippen LogP contribution is 2.08. The van der Waals surface area contributed by atoms with Gasteiger partial charge in [0.05, 0.1) is 5.69 Å². The molecular weight excluding hydrogens is 100 g/mol. The standard InChI is InChI=1S/C6H10N2/c1-5-6(7-2)3-4-8-5/h3-4,7-8H,1-2H3. The van der Waals surface area contributed by atoms with E-state index in [2.05, 4.69) is 10.3 Å². The Balaban J connectivity index is 2.92. The lowest BCUT2D eigenvalue weighted by Crippen LogP contribution is -1.86. The third-order valence-electron chi connectivity index (χ3n) is 1.22. The maximum atomic E-state index is 3.06. The van der Waals surface area contributed by atoms with Gasteiger partial charge in [-0.1, -0.05) is 0 Å². The van der Waals surface area contributed by atoms with Gasteiger partial charge in [-0.3, -0.25) is 0 Å². The molecule has 2 heteroatoms. The lowest BCUT2D eigenvalue weighted by atomic mass is 10.4. The maximum absolute atomic E-state index is 3.06. The van der Waals surface area contributed by atoms with Crippen LogP contribution in [0.4, 0.5) is 5.69 Å². The average Bonchev–Trinajstić information content (AvgIpc) is 2.14. The Hall–Kier alpha value is -0.920. The van der Waals surface area contributed by atoms with Crippen molar-refractivity contribution >= 4 is 5.69 Å². The SMILES string of the molecule is CNc1cc[nH]c1C. The van der Waals surface area contributed by atoms with Crippen molar-refractivity contribution in [2.75, 3.05) is 12.4 Å². The Morgan fingerprint density at radius 3 is 2.62 bits per heavy atom. The molecule has 0 aromatic carbocycles. The third-order valence-corrected chi connectivity index (χ3v) is 1.22. The fourth-order valence-electron chi connectivity index (χ4n) is 0.724. The summed E-state index contributed by atoms with van der Waals surface area (Å²) in [4.78, 5) is 3.06. The minimum atomic E-state index is 1.17. The van der Waals surface area contributed by atoms with Crippen molar-refractivity contribution < 1.29 is 0 Å². The van der Waals surface area contributed by atoms with E-state index in [1.54, 1.807) is 0 Å². The number of aromatic nitrogens is 1. The van der Waals surface area contributed by atoms with Crippen LogP contribution in [0.2, 0.25) is 0 Å². The Morgan fingerprint density at radius 1 is 1.62 bits per heavy atom. The molecule has 0 atom stereocenters. The minimum Gasteiger partial charge on any atom is -0.387 e. The van der Waals surface area contributed by atoms with Crippen molar-refractivity contribution in [3.63, 3.8) is 0 Å². The molecule has 0 unspecified atom stereocenters. The molecule has 1 heterocycles. The number of hydrogen-bond acceptors (Lipinski definition) is 1. The normalized spacial score (nSPS) is 9.25. The van der Waals surface area contributed by atoms with E-state index in [9.17, 15) is 0 Å². The zero-order valence-electron chi connectivity index (χ0n) is 5.15. The molecule has 1 aromatic rings. The number of H-pyrrole nitrogens is 1. The third kappa shape index (κ3) is 0.689. The summed E-state index contributed by atoms with van der Waals surface area (Å²) in [5.74, 6) is 0. The first-order chi connectivity index (χ1) is 3.84. The van der Waals surface area contributed by atoms with Crippen LogP contribution in [-0.2, 0) is 0 Å². The number of nitrogens with one attached hydrogen (secondary N) is 2. The predicted octanol–water partition coefficient (Wildman–Crippen LogP) is 1.36. The predicted molar refractivity (Wildman–Crippen MR) is 35.1 cm³/mol. The highest BCUT2D eigenvalue weighted by atomic mass is 14.9. The first-order valence-electron chi connectivity index (χ1n) is 2.66. The molecule has 0 aliphatic heterocycles. The molecule has 0 bridgehead atoms. The summed E-state index contributed by atoms with van der Waals surface area (Å²) in [6.07, 6.45) is 1.92. The number of aryl methyl sites for hydroxylation is 1. The first-order valence-corrected chi connectivity index (χ1v) is 2.66. The lowest BCUT2D eigenvalue weighted by Gasteiger charge is -1.93. The van der Waals surface area contributed by atoms with E-state index in [1.807, 2.05) is 26.2 Å². The van der Waals surface area contributed by atoms with Crippen LogP contribution >= 0.6 is 0 Å². The quantitative estimate of drug-likeness (QED) is 0.561. The molecule has 0 fully saturated rings. The molecule has 0 saturated heterocycles. The summed E-state index contributed by atoms with van der Waals surface area (Å²) in [6, 6.07) is 2.01. The molecule has 0 spiro atoms. The van der Waals surface area contributed by atoms with Crippen LogP contribution < -0.4 is 5.32 Å². The van der Waals surface area contributed by atoms with Gasteiger partial charge in [0.25, 0.3) is 0 Å².